The van der Waals surface area contributed by atoms with E-state index >= 15 is 0 Å². The maximum atomic E-state index is 12.4. The first-order valence-corrected chi connectivity index (χ1v) is 8.77. The molecule has 1 N–H and O–H groups in total. The van der Waals surface area contributed by atoms with Crippen molar-refractivity contribution < 1.29 is 24.2 Å². The lowest BCUT2D eigenvalue weighted by Gasteiger charge is -2.44. The Morgan fingerprint density at radius 1 is 1.00 bits per heavy atom. The van der Waals surface area contributed by atoms with Crippen LogP contribution >= 0.6 is 0 Å². The van der Waals surface area contributed by atoms with Gasteiger partial charge in [0.2, 0.25) is 5.91 Å². The molecule has 0 bridgehead atoms. The molecule has 25 heavy (non-hydrogen) atoms. The summed E-state index contributed by atoms with van der Waals surface area (Å²) in [6.45, 7) is 10.2. The van der Waals surface area contributed by atoms with E-state index in [0.717, 1.165) is 0 Å². The van der Waals surface area contributed by atoms with Gasteiger partial charge < -0.3 is 19.6 Å². The van der Waals surface area contributed by atoms with Crippen molar-refractivity contribution in [3.63, 3.8) is 0 Å². The number of carbonyl (C=O) groups excluding carboxylic acids is 2. The highest BCUT2D eigenvalue weighted by Gasteiger charge is 2.38. The summed E-state index contributed by atoms with van der Waals surface area (Å²) in [5.74, 6) is -1.43. The molecule has 0 aliphatic carbocycles. The predicted octanol–water partition coefficient (Wildman–Crippen LogP) is 0.861. The van der Waals surface area contributed by atoms with E-state index in [-0.39, 0.29) is 18.5 Å². The number of hydrogen-bond acceptors (Lipinski definition) is 5. The van der Waals surface area contributed by atoms with E-state index in [4.69, 9.17) is 4.74 Å². The summed E-state index contributed by atoms with van der Waals surface area (Å²) >= 11 is 0. The van der Waals surface area contributed by atoms with Gasteiger partial charge in [0.1, 0.15) is 5.60 Å². The molecule has 2 aliphatic rings. The lowest BCUT2D eigenvalue weighted by molar-refractivity contribution is -0.144. The number of piperidine rings is 1. The minimum atomic E-state index is -0.888. The lowest BCUT2D eigenvalue weighted by Crippen LogP contribution is -2.59. The van der Waals surface area contributed by atoms with Crippen LogP contribution in [0.2, 0.25) is 0 Å². The molecule has 2 rings (SSSR count). The first kappa shape index (κ1) is 19.5. The molecule has 2 aliphatic heterocycles. The van der Waals surface area contributed by atoms with Gasteiger partial charge in [-0.3, -0.25) is 14.5 Å². The van der Waals surface area contributed by atoms with Gasteiger partial charge in [-0.1, -0.05) is 0 Å². The summed E-state index contributed by atoms with van der Waals surface area (Å²) in [7, 11) is 0. The van der Waals surface area contributed by atoms with Crippen molar-refractivity contribution in [2.75, 3.05) is 39.3 Å². The van der Waals surface area contributed by atoms with Crippen molar-refractivity contribution in [3.05, 3.63) is 0 Å². The molecule has 8 nitrogen and oxygen atoms in total. The van der Waals surface area contributed by atoms with E-state index in [1.54, 1.807) is 32.6 Å². The number of hydrogen-bond donors (Lipinski definition) is 1. The van der Waals surface area contributed by atoms with Crippen LogP contribution in [0.3, 0.4) is 0 Å². The number of carboxylic acid groups (broad SMARTS) is 1. The van der Waals surface area contributed by atoms with Gasteiger partial charge in [0.15, 0.2) is 0 Å². The van der Waals surface area contributed by atoms with Crippen LogP contribution in [-0.2, 0) is 14.3 Å². The van der Waals surface area contributed by atoms with Crippen LogP contribution in [0.4, 0.5) is 4.79 Å². The highest BCUT2D eigenvalue weighted by molar-refractivity contribution is 5.74. The van der Waals surface area contributed by atoms with Crippen LogP contribution in [0.25, 0.3) is 0 Å². The van der Waals surface area contributed by atoms with Gasteiger partial charge in [0.25, 0.3) is 0 Å². The Morgan fingerprint density at radius 3 is 2.08 bits per heavy atom. The van der Waals surface area contributed by atoms with Gasteiger partial charge in [0, 0.05) is 52.2 Å². The summed E-state index contributed by atoms with van der Waals surface area (Å²) in [6, 6.07) is -0.0310. The molecule has 2 saturated heterocycles. The van der Waals surface area contributed by atoms with Crippen LogP contribution in [0, 0.1) is 5.92 Å². The van der Waals surface area contributed by atoms with E-state index in [0.29, 0.717) is 39.1 Å². The summed E-state index contributed by atoms with van der Waals surface area (Å²) < 4.78 is 5.41. The summed E-state index contributed by atoms with van der Waals surface area (Å²) in [4.78, 5) is 40.9. The fourth-order valence-corrected chi connectivity index (χ4v) is 3.39. The number of rotatable bonds is 2. The monoisotopic (exact) mass is 355 g/mol. The third-order valence-corrected chi connectivity index (χ3v) is 4.71. The van der Waals surface area contributed by atoms with E-state index in [1.807, 2.05) is 0 Å². The number of carbonyl (C=O) groups is 3. The second-order valence-electron chi connectivity index (χ2n) is 7.85. The fraction of sp³-hybridized carbons (Fsp3) is 0.824. The highest BCUT2D eigenvalue weighted by atomic mass is 16.6. The number of amides is 2. The fourth-order valence-electron chi connectivity index (χ4n) is 3.39. The number of carboxylic acids is 1. The Balaban J connectivity index is 2.04. The standard InChI is InChI=1S/C17H29N3O5/c1-12(21)18-5-7-19(8-6-18)14-9-13(15(22)23)10-20(11-14)16(24)25-17(2,3)4/h13-14H,5-11H2,1-4H3,(H,22,23). The summed E-state index contributed by atoms with van der Waals surface area (Å²) in [5.41, 5.74) is -0.615. The van der Waals surface area contributed by atoms with Gasteiger partial charge >= 0.3 is 12.1 Å². The van der Waals surface area contributed by atoms with Crippen LogP contribution in [-0.4, -0.2) is 88.7 Å². The predicted molar refractivity (Wildman–Crippen MR) is 91.2 cm³/mol. The van der Waals surface area contributed by atoms with Crippen molar-refractivity contribution >= 4 is 18.0 Å². The Bertz CT molecular complexity index is 523. The molecular weight excluding hydrogens is 326 g/mol. The normalized spacial score (nSPS) is 25.6. The molecule has 0 aromatic heterocycles. The molecule has 8 heteroatoms. The summed E-state index contributed by atoms with van der Waals surface area (Å²) in [6.07, 6.45) is 0.0418. The van der Waals surface area contributed by atoms with Crippen LogP contribution in [0.1, 0.15) is 34.1 Å². The molecule has 142 valence electrons. The smallest absolute Gasteiger partial charge is 0.410 e. The molecule has 0 saturated carbocycles. The molecular formula is C17H29N3O5. The quantitative estimate of drug-likeness (QED) is 0.790. The molecule has 2 amide bonds. The lowest BCUT2D eigenvalue weighted by atomic mass is 9.93. The molecule has 2 unspecified atom stereocenters. The molecule has 2 heterocycles. The highest BCUT2D eigenvalue weighted by Crippen LogP contribution is 2.24. The molecule has 0 radical (unpaired) electrons. The molecule has 2 fully saturated rings. The maximum Gasteiger partial charge on any atom is 0.410 e. The molecule has 2 atom stereocenters. The third kappa shape index (κ3) is 5.32. The Morgan fingerprint density at radius 2 is 1.60 bits per heavy atom. The number of aliphatic carboxylic acids is 1. The Kier molecular flexibility index (Phi) is 5.92. The molecule has 0 aromatic carbocycles. The average molecular weight is 355 g/mol. The van der Waals surface area contributed by atoms with E-state index in [9.17, 15) is 19.5 Å². The third-order valence-electron chi connectivity index (χ3n) is 4.71. The zero-order valence-corrected chi connectivity index (χ0v) is 15.5. The van der Waals surface area contributed by atoms with Crippen LogP contribution in [0.15, 0.2) is 0 Å². The number of likely N-dealkylation sites (tertiary alicyclic amines) is 1. The van der Waals surface area contributed by atoms with Crippen molar-refractivity contribution in [1.82, 2.24) is 14.7 Å². The first-order valence-electron chi connectivity index (χ1n) is 8.77. The van der Waals surface area contributed by atoms with Gasteiger partial charge in [0.05, 0.1) is 5.92 Å². The average Bonchev–Trinajstić information content (AvgIpc) is 2.52. The Hall–Kier alpha value is -1.83. The topological polar surface area (TPSA) is 90.4 Å². The van der Waals surface area contributed by atoms with Crippen molar-refractivity contribution in [2.24, 2.45) is 5.92 Å². The number of ether oxygens (including phenoxy) is 1. The minimum Gasteiger partial charge on any atom is -0.481 e. The minimum absolute atomic E-state index is 0.0310. The number of piperazine rings is 1. The zero-order chi connectivity index (χ0) is 18.8. The first-order chi connectivity index (χ1) is 11.6. The van der Waals surface area contributed by atoms with E-state index < -0.39 is 23.6 Å². The van der Waals surface area contributed by atoms with Crippen molar-refractivity contribution in [3.8, 4) is 0 Å². The van der Waals surface area contributed by atoms with Gasteiger partial charge in [-0.15, -0.1) is 0 Å². The molecule has 0 aromatic rings. The zero-order valence-electron chi connectivity index (χ0n) is 15.5. The van der Waals surface area contributed by atoms with Crippen LogP contribution < -0.4 is 0 Å². The Labute approximate surface area is 148 Å². The maximum absolute atomic E-state index is 12.4. The second-order valence-corrected chi connectivity index (χ2v) is 7.85. The second kappa shape index (κ2) is 7.59. The SMILES string of the molecule is CC(=O)N1CCN(C2CC(C(=O)O)CN(C(=O)OC(C)(C)C)C2)CC1. The van der Waals surface area contributed by atoms with E-state index in [1.165, 1.54) is 4.90 Å². The summed E-state index contributed by atoms with van der Waals surface area (Å²) in [5, 5.41) is 9.45. The molecule has 0 spiro atoms. The van der Waals surface area contributed by atoms with Gasteiger partial charge in [-0.2, -0.15) is 0 Å². The van der Waals surface area contributed by atoms with Crippen LogP contribution in [0.5, 0.6) is 0 Å². The largest absolute Gasteiger partial charge is 0.481 e. The van der Waals surface area contributed by atoms with Gasteiger partial charge in [-0.25, -0.2) is 4.79 Å². The van der Waals surface area contributed by atoms with Gasteiger partial charge in [-0.05, 0) is 27.2 Å². The number of nitrogens with zero attached hydrogens (tertiary/aromatic N) is 3. The van der Waals surface area contributed by atoms with Crippen molar-refractivity contribution in [1.29, 1.82) is 0 Å². The van der Waals surface area contributed by atoms with Crippen molar-refractivity contribution in [2.45, 2.75) is 45.8 Å². The van der Waals surface area contributed by atoms with E-state index in [2.05, 4.69) is 4.90 Å².